The van der Waals surface area contributed by atoms with Crippen molar-refractivity contribution in [3.8, 4) is 0 Å². The monoisotopic (exact) mass is 956 g/mol. The summed E-state index contributed by atoms with van der Waals surface area (Å²) in [6, 6.07) is 31.8. The van der Waals surface area contributed by atoms with Crippen LogP contribution in [0.4, 0.5) is 26.3 Å². The summed E-state index contributed by atoms with van der Waals surface area (Å²) in [6.45, 7) is 18.1. The third kappa shape index (κ3) is 9.96. The molecule has 3 aliphatic rings. The fourth-order valence-corrected chi connectivity index (χ4v) is 9.62. The molecule has 0 nitrogen and oxygen atoms in total. The van der Waals surface area contributed by atoms with E-state index in [9.17, 15) is 26.3 Å². The second-order valence-electron chi connectivity index (χ2n) is 17.2. The maximum absolute atomic E-state index is 12.7. The van der Waals surface area contributed by atoms with Crippen LogP contribution < -0.4 is 24.8 Å². The maximum Gasteiger partial charge on any atom is -1.00 e. The summed E-state index contributed by atoms with van der Waals surface area (Å²) < 4.78 is 76.7. The molecule has 0 N–H and O–H groups in total. The first-order chi connectivity index (χ1) is 28.0. The molecule has 0 saturated carbocycles. The van der Waals surface area contributed by atoms with Gasteiger partial charge in [0.25, 0.3) is 0 Å². The van der Waals surface area contributed by atoms with Crippen LogP contribution in [0, 0.1) is 12.0 Å². The van der Waals surface area contributed by atoms with Crippen LogP contribution in [0.3, 0.4) is 0 Å². The van der Waals surface area contributed by atoms with E-state index in [1.54, 1.807) is 0 Å². The minimum absolute atomic E-state index is 0. The van der Waals surface area contributed by atoms with Gasteiger partial charge < -0.3 is 24.8 Å². The number of halogens is 8. The number of allylic oxidation sites excluding steroid dienone is 8. The van der Waals surface area contributed by atoms with Gasteiger partial charge in [-0.15, -0.1) is 45.3 Å². The van der Waals surface area contributed by atoms with Crippen molar-refractivity contribution in [1.82, 2.24) is 0 Å². The van der Waals surface area contributed by atoms with E-state index in [1.165, 1.54) is 95.9 Å². The second-order valence-corrected chi connectivity index (χ2v) is 18.5. The van der Waals surface area contributed by atoms with Gasteiger partial charge in [-0.05, 0) is 36.1 Å². The van der Waals surface area contributed by atoms with Gasteiger partial charge in [-0.25, -0.2) is 5.57 Å². The van der Waals surface area contributed by atoms with Gasteiger partial charge in [0.1, 0.15) is 0 Å². The van der Waals surface area contributed by atoms with E-state index in [4.69, 9.17) is 0 Å². The van der Waals surface area contributed by atoms with Gasteiger partial charge in [0.15, 0.2) is 0 Å². The normalized spacial score (nSPS) is 16.9. The van der Waals surface area contributed by atoms with E-state index in [2.05, 4.69) is 134 Å². The fourth-order valence-electron chi connectivity index (χ4n) is 8.85. The van der Waals surface area contributed by atoms with Crippen molar-refractivity contribution in [2.75, 3.05) is 0 Å². The van der Waals surface area contributed by atoms with Gasteiger partial charge >= 0.3 is 137 Å². The number of hydrogen-bond acceptors (Lipinski definition) is 0. The Hall–Kier alpha value is -4.16. The third-order valence-electron chi connectivity index (χ3n) is 11.7. The Morgan fingerprint density at radius 3 is 1.44 bits per heavy atom. The molecule has 0 aromatic heterocycles. The van der Waals surface area contributed by atoms with Crippen LogP contribution in [0.15, 0.2) is 133 Å². The van der Waals surface area contributed by atoms with Gasteiger partial charge in [0.2, 0.25) is 0 Å². The molecule has 6 aromatic rings. The quantitative estimate of drug-likeness (QED) is 0.123. The molecule has 0 amide bonds. The minimum atomic E-state index is -4.49. The number of rotatable bonds is 3. The predicted octanol–water partition coefficient (Wildman–Crippen LogP) is 9.42. The average molecular weight is 959 g/mol. The zero-order valence-corrected chi connectivity index (χ0v) is 39.7. The van der Waals surface area contributed by atoms with E-state index < -0.39 is 23.5 Å². The largest absolute Gasteiger partial charge is 1.00 e. The number of fused-ring (bicyclic) bond motifs is 5. The fraction of sp³-hybridized carbons (Fsp3) is 0.245. The van der Waals surface area contributed by atoms with E-state index >= 15 is 0 Å². The summed E-state index contributed by atoms with van der Waals surface area (Å²) in [6.07, 6.45) is 1.50. The Morgan fingerprint density at radius 2 is 1.05 bits per heavy atom. The van der Waals surface area contributed by atoms with Gasteiger partial charge in [-0.3, -0.25) is 6.08 Å². The molecule has 1 unspecified atom stereocenters. The molecule has 0 bridgehead atoms. The Bertz CT molecular complexity index is 2640. The standard InChI is InChI=1S/C25H25.C15H8F6.C13H13.2ClH.Zr/c1-14-12-24(3,4)22-8-16-7-17-9-23-19(15(2)13-25(23,5)6)11-21(17)20(16)10-18(14)22;16-14(17,18)12-5-1-3-10(8-12)7-11-4-2-6-13(9-11)15(19,20)21;1-10-8-11(2)13(9-10)12-6-4-3-5-7-12;;;/h7-13H,1-6H3;1-6,8-9H;3-7,9-10H,1-2H3;2*1H;/q-1;;-1;;;+2/p-2. The van der Waals surface area contributed by atoms with E-state index in [-0.39, 0.29) is 46.8 Å². The van der Waals surface area contributed by atoms with Crippen molar-refractivity contribution in [2.24, 2.45) is 5.92 Å². The van der Waals surface area contributed by atoms with Crippen molar-refractivity contribution in [3.63, 3.8) is 0 Å². The van der Waals surface area contributed by atoms with Crippen LogP contribution in [0.2, 0.25) is 0 Å². The first-order valence-corrected chi connectivity index (χ1v) is 21.2. The van der Waals surface area contributed by atoms with E-state index in [0.717, 1.165) is 48.5 Å². The molecule has 0 heterocycles. The molecule has 3 aliphatic carbocycles. The molecule has 0 aliphatic heterocycles. The zero-order chi connectivity index (χ0) is 43.5. The van der Waals surface area contributed by atoms with Crippen molar-refractivity contribution in [2.45, 2.75) is 78.6 Å². The summed E-state index contributed by atoms with van der Waals surface area (Å²) in [5.74, 6) is 0.468. The van der Waals surface area contributed by atoms with Crippen LogP contribution in [0.5, 0.6) is 0 Å². The van der Waals surface area contributed by atoms with Crippen molar-refractivity contribution in [1.29, 1.82) is 0 Å². The van der Waals surface area contributed by atoms with Gasteiger partial charge in [-0.1, -0.05) is 113 Å². The Balaban J connectivity index is 0.000000181. The Labute approximate surface area is 388 Å². The second kappa shape index (κ2) is 18.1. The summed E-state index contributed by atoms with van der Waals surface area (Å²) in [5.41, 5.74) is 11.7. The SMILES string of the molecule is CC1=CC(C)(C)c2cc3[cH-]c4cc5c(cc4c3cc21)C(C)=CC5(C)C.CC1=[C-]C(C)C=C1c1ccccc1.FC(F)(F)c1cccc([C](=[Zr+2])c2cccc(C(F)(F)F)c2)c1.[Cl-].[Cl-]. The number of benzene rings is 5. The summed E-state index contributed by atoms with van der Waals surface area (Å²) >= 11 is 0.729. The molecule has 6 aromatic carbocycles. The van der Waals surface area contributed by atoms with Gasteiger partial charge in [-0.2, -0.15) is 11.6 Å². The molecule has 0 radical (unpaired) electrons. The Morgan fingerprint density at radius 1 is 0.613 bits per heavy atom. The molecule has 9 rings (SSSR count). The van der Waals surface area contributed by atoms with Crippen LogP contribution >= 0.6 is 0 Å². The van der Waals surface area contributed by atoms with Gasteiger partial charge in [0.05, 0.1) is 0 Å². The summed E-state index contributed by atoms with van der Waals surface area (Å²) in [5, 5.41) is 5.57. The third-order valence-corrected chi connectivity index (χ3v) is 13.1. The molecular weight excluding hydrogens is 913 g/mol. The molecule has 0 spiro atoms. The molecule has 1 atom stereocenters. The van der Waals surface area contributed by atoms with Gasteiger partial charge in [0, 0.05) is 10.8 Å². The van der Waals surface area contributed by atoms with Crippen molar-refractivity contribution in [3.05, 3.63) is 189 Å². The Kier molecular flexibility index (Phi) is 14.3. The number of hydrogen-bond donors (Lipinski definition) is 0. The molecule has 9 heteroatoms. The molecule has 62 heavy (non-hydrogen) atoms. The molecule has 0 saturated heterocycles. The van der Waals surface area contributed by atoms with Crippen molar-refractivity contribution < 1.29 is 75.4 Å². The first kappa shape index (κ1) is 48.9. The summed E-state index contributed by atoms with van der Waals surface area (Å²) in [7, 11) is 0. The topological polar surface area (TPSA) is 0 Å². The minimum Gasteiger partial charge on any atom is -1.00 e. The van der Waals surface area contributed by atoms with Crippen LogP contribution in [0.1, 0.15) is 105 Å². The predicted molar refractivity (Wildman–Crippen MR) is 233 cm³/mol. The molecular formula is C53H46Cl2F6Zr-2. The number of alkyl halides is 6. The van der Waals surface area contributed by atoms with Crippen LogP contribution in [-0.4, -0.2) is 3.21 Å². The summed E-state index contributed by atoms with van der Waals surface area (Å²) in [4.78, 5) is 0. The van der Waals surface area contributed by atoms with E-state index in [1.807, 2.05) is 6.07 Å². The van der Waals surface area contributed by atoms with Crippen LogP contribution in [0.25, 0.3) is 38.3 Å². The smallest absolute Gasteiger partial charge is 1.00 e. The zero-order valence-electron chi connectivity index (χ0n) is 35.7. The van der Waals surface area contributed by atoms with Crippen molar-refractivity contribution >= 4 is 41.5 Å². The molecule has 320 valence electrons. The maximum atomic E-state index is 12.7. The van der Waals surface area contributed by atoms with Crippen LogP contribution in [-0.2, 0) is 47.4 Å². The first-order valence-electron chi connectivity index (χ1n) is 20.0. The average Bonchev–Trinajstić information content (AvgIpc) is 3.86. The molecule has 0 fully saturated rings. The van der Waals surface area contributed by atoms with E-state index in [0.29, 0.717) is 9.12 Å².